The average Bonchev–Trinajstić information content (AvgIpc) is 3.11. The molecule has 1 fully saturated rings. The van der Waals surface area contributed by atoms with E-state index in [1.807, 2.05) is 0 Å². The number of hydrogen-bond acceptors (Lipinski definition) is 11. The Kier molecular flexibility index (Phi) is 10.00. The number of phenolic OH excluding ortho intramolecular Hbond substituents is 7. The van der Waals surface area contributed by atoms with Gasteiger partial charge in [0, 0.05) is 35.1 Å². The van der Waals surface area contributed by atoms with Crippen LogP contribution < -0.4 is 10.5 Å². The van der Waals surface area contributed by atoms with Crippen molar-refractivity contribution in [2.24, 2.45) is 17.1 Å². The highest BCUT2D eigenvalue weighted by Gasteiger charge is 2.54. The monoisotopic (exact) mass is 741 g/mol. The standard InChI is InChI=1S/C22H18O10.C20H29NO/c23-11-6-14(25)12-8-19(32-22(30)10-4-16(27)20(29)17(28)5-10)21(31-18(12)7-11)9-1-2-13(24)15(26)3-9;1-13(2)14-6-8-16-15(12-14)7-9-17-19(16,3)10-5-11-20(17,4)18(21)22/h1-7,19,21,23-29H,8H2;6,8,12-13,17H,5,7,9-11H2,1-4H3,(H2,21,22). The number of rotatable bonds is 5. The van der Waals surface area contributed by atoms with Crippen LogP contribution in [-0.2, 0) is 27.8 Å². The number of amides is 1. The minimum Gasteiger partial charge on any atom is -0.508 e. The van der Waals surface area contributed by atoms with Crippen molar-refractivity contribution in [2.75, 3.05) is 0 Å². The molecule has 12 nitrogen and oxygen atoms in total. The van der Waals surface area contributed by atoms with Crippen LogP contribution in [-0.4, -0.2) is 53.7 Å². The molecule has 5 unspecified atom stereocenters. The minimum absolute atomic E-state index is 0.0461. The second-order valence-corrected chi connectivity index (χ2v) is 15.5. The molecule has 1 aliphatic heterocycles. The number of primary amides is 1. The van der Waals surface area contributed by atoms with Crippen LogP contribution >= 0.6 is 0 Å². The SMILES string of the molecule is CC(C)c1ccc2c(c1)CCC1C(C)(C(N)=O)CCCC21C.O=C(OC1Cc2c(O)cc(O)cc2OC1c1ccc(O)c(O)c1)c1cc(O)c(O)c(O)c1. The van der Waals surface area contributed by atoms with Gasteiger partial charge in [0.05, 0.1) is 5.56 Å². The highest BCUT2D eigenvalue weighted by molar-refractivity contribution is 5.91. The smallest absolute Gasteiger partial charge is 0.338 e. The molecule has 7 rings (SSSR count). The molecule has 0 saturated heterocycles. The molecule has 0 bridgehead atoms. The molecule has 12 heteroatoms. The number of fused-ring (bicyclic) bond motifs is 4. The van der Waals surface area contributed by atoms with Gasteiger partial charge in [0.1, 0.15) is 23.4 Å². The lowest BCUT2D eigenvalue weighted by molar-refractivity contribution is -0.135. The Labute approximate surface area is 313 Å². The van der Waals surface area contributed by atoms with E-state index in [1.165, 1.54) is 47.4 Å². The van der Waals surface area contributed by atoms with Crippen molar-refractivity contribution in [1.29, 1.82) is 0 Å². The molecular formula is C42H47NO11. The Hall–Kier alpha value is -5.78. The van der Waals surface area contributed by atoms with Crippen LogP contribution in [0, 0.1) is 11.3 Å². The number of carbonyl (C=O) groups is 2. The van der Waals surface area contributed by atoms with E-state index in [1.54, 1.807) is 0 Å². The first-order valence-corrected chi connectivity index (χ1v) is 18.1. The van der Waals surface area contributed by atoms with Gasteiger partial charge in [-0.05, 0) is 83.9 Å². The molecule has 9 N–H and O–H groups in total. The van der Waals surface area contributed by atoms with Gasteiger partial charge < -0.3 is 51.0 Å². The zero-order chi connectivity index (χ0) is 39.3. The summed E-state index contributed by atoms with van der Waals surface area (Å²) in [5.74, 6) is -3.59. The Morgan fingerprint density at radius 2 is 1.54 bits per heavy atom. The van der Waals surface area contributed by atoms with Crippen molar-refractivity contribution in [3.05, 3.63) is 94.0 Å². The van der Waals surface area contributed by atoms with Gasteiger partial charge in [0.15, 0.2) is 34.9 Å². The third-order valence-corrected chi connectivity index (χ3v) is 11.7. The molecule has 4 aromatic carbocycles. The third-order valence-electron chi connectivity index (χ3n) is 11.7. The summed E-state index contributed by atoms with van der Waals surface area (Å²) in [4.78, 5) is 24.9. The van der Waals surface area contributed by atoms with Gasteiger partial charge in [-0.25, -0.2) is 4.79 Å². The molecule has 4 aromatic rings. The lowest BCUT2D eigenvalue weighted by Gasteiger charge is -2.54. The zero-order valence-electron chi connectivity index (χ0n) is 30.7. The Morgan fingerprint density at radius 1 is 0.833 bits per heavy atom. The van der Waals surface area contributed by atoms with Gasteiger partial charge in [-0.3, -0.25) is 4.79 Å². The van der Waals surface area contributed by atoms with Crippen LogP contribution in [0.2, 0.25) is 0 Å². The fourth-order valence-electron chi connectivity index (χ4n) is 8.64. The Balaban J connectivity index is 0.000000197. The lowest BCUT2D eigenvalue weighted by Crippen LogP contribution is -2.54. The molecule has 0 radical (unpaired) electrons. The van der Waals surface area contributed by atoms with Gasteiger partial charge in [-0.1, -0.05) is 58.4 Å². The Bertz CT molecular complexity index is 2090. The summed E-state index contributed by atoms with van der Waals surface area (Å²) in [6, 6.07) is 15.1. The van der Waals surface area contributed by atoms with E-state index in [2.05, 4.69) is 45.9 Å². The predicted molar refractivity (Wildman–Crippen MR) is 198 cm³/mol. The summed E-state index contributed by atoms with van der Waals surface area (Å²) in [5.41, 5.74) is 10.3. The summed E-state index contributed by atoms with van der Waals surface area (Å²) in [6.07, 6.45) is 3.26. The molecule has 0 spiro atoms. The zero-order valence-corrected chi connectivity index (χ0v) is 30.7. The summed E-state index contributed by atoms with van der Waals surface area (Å²) in [7, 11) is 0. The number of hydrogen-bond donors (Lipinski definition) is 8. The maximum Gasteiger partial charge on any atom is 0.338 e. The van der Waals surface area contributed by atoms with Crippen LogP contribution in [0.25, 0.3) is 0 Å². The normalized spacial score (nSPS) is 24.1. The second kappa shape index (κ2) is 14.2. The Morgan fingerprint density at radius 3 is 2.19 bits per heavy atom. The molecule has 2 aliphatic carbocycles. The van der Waals surface area contributed by atoms with E-state index >= 15 is 0 Å². The number of benzene rings is 4. The largest absolute Gasteiger partial charge is 0.508 e. The van der Waals surface area contributed by atoms with Gasteiger partial charge >= 0.3 is 5.97 Å². The van der Waals surface area contributed by atoms with Crippen molar-refractivity contribution < 1.29 is 54.8 Å². The molecule has 286 valence electrons. The van der Waals surface area contributed by atoms with Gasteiger partial charge in [-0.15, -0.1) is 0 Å². The molecule has 1 heterocycles. The van der Waals surface area contributed by atoms with Crippen molar-refractivity contribution in [2.45, 2.75) is 89.8 Å². The molecular weight excluding hydrogens is 694 g/mol. The van der Waals surface area contributed by atoms with E-state index in [9.17, 15) is 45.3 Å². The van der Waals surface area contributed by atoms with Gasteiger partial charge in [0.25, 0.3) is 0 Å². The highest BCUT2D eigenvalue weighted by Crippen LogP contribution is 2.57. The maximum atomic E-state index is 12.7. The summed E-state index contributed by atoms with van der Waals surface area (Å²) in [6.45, 7) is 8.97. The molecule has 1 amide bonds. The first-order chi connectivity index (χ1) is 25.4. The van der Waals surface area contributed by atoms with E-state index in [-0.39, 0.29) is 57.3 Å². The number of nitrogens with two attached hydrogens (primary N) is 1. The summed E-state index contributed by atoms with van der Waals surface area (Å²) >= 11 is 0. The number of ether oxygens (including phenoxy) is 2. The number of phenols is 7. The second-order valence-electron chi connectivity index (χ2n) is 15.5. The predicted octanol–water partition coefficient (Wildman–Crippen LogP) is 6.83. The molecule has 0 aromatic heterocycles. The van der Waals surface area contributed by atoms with Gasteiger partial charge in [-0.2, -0.15) is 0 Å². The van der Waals surface area contributed by atoms with Crippen molar-refractivity contribution in [3.8, 4) is 46.0 Å². The van der Waals surface area contributed by atoms with Crippen molar-refractivity contribution in [3.63, 3.8) is 0 Å². The molecule has 54 heavy (non-hydrogen) atoms. The topological polar surface area (TPSA) is 220 Å². The summed E-state index contributed by atoms with van der Waals surface area (Å²) in [5, 5.41) is 68.2. The maximum absolute atomic E-state index is 12.7. The van der Waals surface area contributed by atoms with E-state index in [4.69, 9.17) is 15.2 Å². The van der Waals surface area contributed by atoms with Crippen LogP contribution in [0.1, 0.15) is 104 Å². The lowest BCUT2D eigenvalue weighted by atomic mass is 9.49. The average molecular weight is 742 g/mol. The quantitative estimate of drug-likeness (QED) is 0.0782. The summed E-state index contributed by atoms with van der Waals surface area (Å²) < 4.78 is 11.4. The van der Waals surface area contributed by atoms with Gasteiger partial charge in [0.2, 0.25) is 5.91 Å². The number of carbonyl (C=O) groups excluding carboxylic acids is 2. The number of esters is 1. The van der Waals surface area contributed by atoms with Crippen LogP contribution in [0.5, 0.6) is 46.0 Å². The van der Waals surface area contributed by atoms with Crippen molar-refractivity contribution in [1.82, 2.24) is 0 Å². The van der Waals surface area contributed by atoms with E-state index in [0.717, 1.165) is 43.9 Å². The van der Waals surface area contributed by atoms with Crippen molar-refractivity contribution >= 4 is 11.9 Å². The molecule has 1 saturated carbocycles. The fraction of sp³-hybridized carbons (Fsp3) is 0.381. The third kappa shape index (κ3) is 6.88. The van der Waals surface area contributed by atoms with Crippen LogP contribution in [0.15, 0.2) is 60.7 Å². The van der Waals surface area contributed by atoms with E-state index < -0.39 is 41.2 Å². The highest BCUT2D eigenvalue weighted by atomic mass is 16.6. The van der Waals surface area contributed by atoms with E-state index in [0.29, 0.717) is 17.4 Å². The molecule has 3 aliphatic rings. The van der Waals surface area contributed by atoms with Crippen LogP contribution in [0.4, 0.5) is 0 Å². The first-order valence-electron chi connectivity index (χ1n) is 18.1. The fourth-order valence-corrected chi connectivity index (χ4v) is 8.64. The number of aromatic hydroxyl groups is 7. The number of aryl methyl sites for hydroxylation is 1. The minimum atomic E-state index is -1.06. The molecule has 5 atom stereocenters. The first kappa shape index (κ1) is 38.0. The van der Waals surface area contributed by atoms with Crippen LogP contribution in [0.3, 0.4) is 0 Å².